The molecule has 0 aromatic carbocycles. The Morgan fingerprint density at radius 2 is 1.67 bits per heavy atom. The van der Waals surface area contributed by atoms with Gasteiger partial charge in [0.05, 0.1) is 25.0 Å². The van der Waals surface area contributed by atoms with Crippen LogP contribution in [0.5, 0.6) is 0 Å². The second kappa shape index (κ2) is 6.80. The van der Waals surface area contributed by atoms with E-state index >= 15 is 0 Å². The summed E-state index contributed by atoms with van der Waals surface area (Å²) in [5.74, 6) is 0.201. The van der Waals surface area contributed by atoms with Crippen LogP contribution < -0.4 is 0 Å². The van der Waals surface area contributed by atoms with Crippen molar-refractivity contribution in [2.24, 2.45) is 22.7 Å². The summed E-state index contributed by atoms with van der Waals surface area (Å²) in [5.41, 5.74) is -1.08. The fourth-order valence-corrected chi connectivity index (χ4v) is 3.69. The number of hydrogen-bond donors (Lipinski definition) is 0. The lowest BCUT2D eigenvalue weighted by molar-refractivity contribution is -0.180. The zero-order chi connectivity index (χ0) is 16.3. The molecule has 4 unspecified atom stereocenters. The molecule has 21 heavy (non-hydrogen) atoms. The van der Waals surface area contributed by atoms with Crippen molar-refractivity contribution in [3.63, 3.8) is 0 Å². The van der Waals surface area contributed by atoms with Gasteiger partial charge < -0.3 is 9.47 Å². The molecule has 0 aromatic rings. The van der Waals surface area contributed by atoms with E-state index < -0.39 is 10.8 Å². The normalized spacial score (nSPS) is 36.1. The highest BCUT2D eigenvalue weighted by molar-refractivity contribution is 5.80. The zero-order valence-electron chi connectivity index (χ0n) is 14.3. The van der Waals surface area contributed by atoms with Gasteiger partial charge in [-0.25, -0.2) is 0 Å². The van der Waals surface area contributed by atoms with Crippen LogP contribution >= 0.6 is 0 Å². The zero-order valence-corrected chi connectivity index (χ0v) is 14.3. The summed E-state index contributed by atoms with van der Waals surface area (Å²) < 4.78 is 10.5. The lowest BCUT2D eigenvalue weighted by atomic mass is 9.50. The second-order valence-electron chi connectivity index (χ2n) is 6.77. The van der Waals surface area contributed by atoms with Gasteiger partial charge in [-0.15, -0.1) is 0 Å². The highest BCUT2D eigenvalue weighted by atomic mass is 16.5. The van der Waals surface area contributed by atoms with Crippen molar-refractivity contribution in [3.05, 3.63) is 0 Å². The Hall–Kier alpha value is -1.06. The maximum atomic E-state index is 12.7. The topological polar surface area (TPSA) is 52.6 Å². The smallest absolute Gasteiger partial charge is 0.312 e. The quantitative estimate of drug-likeness (QED) is 0.728. The molecule has 4 heteroatoms. The van der Waals surface area contributed by atoms with E-state index in [1.54, 1.807) is 6.92 Å². The van der Waals surface area contributed by atoms with Crippen LogP contribution in [0.15, 0.2) is 0 Å². The highest BCUT2D eigenvalue weighted by Gasteiger charge is 2.58. The van der Waals surface area contributed by atoms with Gasteiger partial charge in [0.1, 0.15) is 0 Å². The number of rotatable bonds is 5. The Morgan fingerprint density at radius 3 is 2.19 bits per heavy atom. The van der Waals surface area contributed by atoms with Crippen molar-refractivity contribution >= 4 is 11.9 Å². The predicted molar refractivity (Wildman–Crippen MR) is 81.7 cm³/mol. The lowest BCUT2D eigenvalue weighted by Crippen LogP contribution is -2.54. The summed E-state index contributed by atoms with van der Waals surface area (Å²) in [7, 11) is 0. The first-order valence-electron chi connectivity index (χ1n) is 8.05. The summed E-state index contributed by atoms with van der Waals surface area (Å²) in [6.07, 6.45) is 2.13. The van der Waals surface area contributed by atoms with Gasteiger partial charge in [0, 0.05) is 0 Å². The molecule has 0 spiro atoms. The summed E-state index contributed by atoms with van der Waals surface area (Å²) in [5, 5.41) is 0. The Balaban J connectivity index is 3.13. The van der Waals surface area contributed by atoms with E-state index in [9.17, 15) is 9.59 Å². The van der Waals surface area contributed by atoms with Crippen molar-refractivity contribution in [1.29, 1.82) is 0 Å². The average Bonchev–Trinajstić information content (AvgIpc) is 2.41. The molecule has 1 fully saturated rings. The van der Waals surface area contributed by atoms with Crippen molar-refractivity contribution in [3.8, 4) is 0 Å². The second-order valence-corrected chi connectivity index (χ2v) is 6.77. The fourth-order valence-electron chi connectivity index (χ4n) is 3.69. The predicted octanol–water partition coefficient (Wildman–Crippen LogP) is 3.58. The molecule has 0 saturated heterocycles. The Morgan fingerprint density at radius 1 is 1.10 bits per heavy atom. The molecule has 1 rings (SSSR count). The molecule has 4 atom stereocenters. The first kappa shape index (κ1) is 18.0. The molecule has 122 valence electrons. The van der Waals surface area contributed by atoms with E-state index in [1.165, 1.54) is 0 Å². The summed E-state index contributed by atoms with van der Waals surface area (Å²) in [4.78, 5) is 24.7. The van der Waals surface area contributed by atoms with Gasteiger partial charge in [0.25, 0.3) is 0 Å². The molecule has 1 aliphatic carbocycles. The molecule has 1 aliphatic rings. The average molecular weight is 298 g/mol. The Labute approximate surface area is 128 Å². The van der Waals surface area contributed by atoms with E-state index in [1.807, 2.05) is 20.8 Å². The van der Waals surface area contributed by atoms with E-state index in [0.717, 1.165) is 12.8 Å². The standard InChI is InChI=1S/C17H30O4/c1-7-20-14(18)11-16(5)10-9-12(3)13(4)17(16,6)15(19)21-8-2/h12-13H,7-11H2,1-6H3. The van der Waals surface area contributed by atoms with E-state index in [0.29, 0.717) is 19.1 Å². The third-order valence-corrected chi connectivity index (χ3v) is 5.71. The number of ether oxygens (including phenoxy) is 2. The van der Waals surface area contributed by atoms with Crippen LogP contribution in [0, 0.1) is 22.7 Å². The third kappa shape index (κ3) is 3.24. The van der Waals surface area contributed by atoms with Gasteiger partial charge in [-0.1, -0.05) is 20.8 Å². The summed E-state index contributed by atoms with van der Waals surface area (Å²) in [6.45, 7) is 12.6. The minimum atomic E-state index is -0.659. The molecule has 4 nitrogen and oxygen atoms in total. The molecular weight excluding hydrogens is 268 g/mol. The van der Waals surface area contributed by atoms with E-state index in [2.05, 4.69) is 13.8 Å². The monoisotopic (exact) mass is 298 g/mol. The van der Waals surface area contributed by atoms with Crippen LogP contribution in [0.1, 0.15) is 60.8 Å². The molecule has 0 bridgehead atoms. The van der Waals surface area contributed by atoms with Gasteiger partial charge >= 0.3 is 11.9 Å². The van der Waals surface area contributed by atoms with Gasteiger partial charge in [-0.2, -0.15) is 0 Å². The minimum Gasteiger partial charge on any atom is -0.466 e. The number of hydrogen-bond acceptors (Lipinski definition) is 4. The maximum absolute atomic E-state index is 12.7. The molecule has 0 N–H and O–H groups in total. The molecule has 0 amide bonds. The molecule has 0 heterocycles. The van der Waals surface area contributed by atoms with Gasteiger partial charge in [0.15, 0.2) is 0 Å². The van der Waals surface area contributed by atoms with Crippen LogP contribution in [0.3, 0.4) is 0 Å². The molecule has 0 radical (unpaired) electrons. The van der Waals surface area contributed by atoms with Gasteiger partial charge in [0.2, 0.25) is 0 Å². The van der Waals surface area contributed by atoms with Crippen LogP contribution in [-0.2, 0) is 19.1 Å². The lowest BCUT2D eigenvalue weighted by Gasteiger charge is -2.53. The summed E-state index contributed by atoms with van der Waals surface area (Å²) >= 11 is 0. The first-order chi connectivity index (χ1) is 9.72. The van der Waals surface area contributed by atoms with E-state index in [4.69, 9.17) is 9.47 Å². The Kier molecular flexibility index (Phi) is 5.83. The number of carbonyl (C=O) groups excluding carboxylic acids is 2. The summed E-state index contributed by atoms with van der Waals surface area (Å²) in [6, 6.07) is 0. The minimum absolute atomic E-state index is 0.171. The third-order valence-electron chi connectivity index (χ3n) is 5.71. The van der Waals surface area contributed by atoms with Crippen LogP contribution in [0.2, 0.25) is 0 Å². The molecule has 1 saturated carbocycles. The Bertz CT molecular complexity index is 392. The maximum Gasteiger partial charge on any atom is 0.312 e. The molecule has 0 aliphatic heterocycles. The number of esters is 2. The van der Waals surface area contributed by atoms with Crippen molar-refractivity contribution in [1.82, 2.24) is 0 Å². The van der Waals surface area contributed by atoms with Crippen LogP contribution in [0.4, 0.5) is 0 Å². The number of carbonyl (C=O) groups is 2. The fraction of sp³-hybridized carbons (Fsp3) is 0.882. The van der Waals surface area contributed by atoms with Gasteiger partial charge in [-0.3, -0.25) is 9.59 Å². The van der Waals surface area contributed by atoms with Crippen molar-refractivity contribution in [2.75, 3.05) is 13.2 Å². The highest BCUT2D eigenvalue weighted by Crippen LogP contribution is 2.57. The van der Waals surface area contributed by atoms with E-state index in [-0.39, 0.29) is 24.3 Å². The van der Waals surface area contributed by atoms with Gasteiger partial charge in [-0.05, 0) is 50.9 Å². The first-order valence-corrected chi connectivity index (χ1v) is 8.05. The SMILES string of the molecule is CCOC(=O)CC1(C)CCC(C)C(C)C1(C)C(=O)OCC. The molecule has 0 aromatic heterocycles. The van der Waals surface area contributed by atoms with Crippen LogP contribution in [-0.4, -0.2) is 25.2 Å². The largest absolute Gasteiger partial charge is 0.466 e. The van der Waals surface area contributed by atoms with Crippen molar-refractivity contribution < 1.29 is 19.1 Å². The van der Waals surface area contributed by atoms with Crippen LogP contribution in [0.25, 0.3) is 0 Å². The molecular formula is C17H30O4. The van der Waals surface area contributed by atoms with Crippen molar-refractivity contribution in [2.45, 2.75) is 60.8 Å².